The van der Waals surface area contributed by atoms with Crippen LogP contribution >= 0.6 is 22.6 Å². The topological polar surface area (TPSA) is 40.5 Å². The molecular weight excluding hydrogens is 365 g/mol. The number of amides is 1. The summed E-state index contributed by atoms with van der Waals surface area (Å²) in [6.07, 6.45) is 5.41. The molecule has 3 rings (SSSR count). The SMILES string of the molecule is CN(CC1CC2CCC1C2)C(=O)c1ccc(I)c(O)c1. The Balaban J connectivity index is 1.65. The van der Waals surface area contributed by atoms with Crippen molar-refractivity contribution in [2.75, 3.05) is 13.6 Å². The van der Waals surface area contributed by atoms with Gasteiger partial charge in [-0.15, -0.1) is 0 Å². The second kappa shape index (κ2) is 5.54. The van der Waals surface area contributed by atoms with Crippen molar-refractivity contribution in [3.63, 3.8) is 0 Å². The third-order valence-corrected chi connectivity index (χ3v) is 5.84. The minimum absolute atomic E-state index is 0.0134. The van der Waals surface area contributed by atoms with Crippen LogP contribution in [0, 0.1) is 21.3 Å². The zero-order valence-electron chi connectivity index (χ0n) is 11.7. The lowest BCUT2D eigenvalue weighted by atomic mass is 9.88. The van der Waals surface area contributed by atoms with Gasteiger partial charge in [0.2, 0.25) is 0 Å². The normalized spacial score (nSPS) is 27.8. The predicted molar refractivity (Wildman–Crippen MR) is 86.7 cm³/mol. The second-order valence-corrected chi connectivity index (χ2v) is 7.45. The maximum atomic E-state index is 12.4. The van der Waals surface area contributed by atoms with Crippen molar-refractivity contribution in [1.82, 2.24) is 4.90 Å². The first-order valence-electron chi connectivity index (χ1n) is 7.28. The number of carbonyl (C=O) groups is 1. The highest BCUT2D eigenvalue weighted by atomic mass is 127. The van der Waals surface area contributed by atoms with Crippen molar-refractivity contribution < 1.29 is 9.90 Å². The number of hydrogen-bond donors (Lipinski definition) is 1. The fraction of sp³-hybridized carbons (Fsp3) is 0.562. The zero-order chi connectivity index (χ0) is 14.3. The number of halogens is 1. The molecule has 1 aromatic carbocycles. The van der Waals surface area contributed by atoms with Crippen LogP contribution in [-0.2, 0) is 0 Å². The molecule has 0 aromatic heterocycles. The summed E-state index contributed by atoms with van der Waals surface area (Å²) in [5.74, 6) is 2.63. The van der Waals surface area contributed by atoms with Crippen molar-refractivity contribution in [3.8, 4) is 5.75 Å². The van der Waals surface area contributed by atoms with E-state index in [2.05, 4.69) is 22.6 Å². The summed E-state index contributed by atoms with van der Waals surface area (Å²) < 4.78 is 0.773. The molecule has 3 unspecified atom stereocenters. The second-order valence-electron chi connectivity index (χ2n) is 6.29. The molecule has 1 N–H and O–H groups in total. The Kier molecular flexibility index (Phi) is 3.93. The van der Waals surface area contributed by atoms with Crippen LogP contribution in [0.3, 0.4) is 0 Å². The Bertz CT molecular complexity index is 531. The number of carbonyl (C=O) groups excluding carboxylic acids is 1. The molecule has 0 saturated heterocycles. The molecule has 2 bridgehead atoms. The highest BCUT2D eigenvalue weighted by Crippen LogP contribution is 2.48. The van der Waals surface area contributed by atoms with Crippen LogP contribution in [0.15, 0.2) is 18.2 Å². The number of phenolic OH excluding ortho intramolecular Hbond substituents is 1. The Hall–Kier alpha value is -0.780. The molecule has 1 amide bonds. The standard InChI is InChI=1S/C16H20INO2/c1-18(9-13-7-10-2-3-11(13)6-10)16(20)12-4-5-14(17)15(19)8-12/h4-5,8,10-11,13,19H,2-3,6-7,9H2,1H3. The molecule has 2 saturated carbocycles. The monoisotopic (exact) mass is 385 g/mol. The van der Waals surface area contributed by atoms with Gasteiger partial charge in [-0.05, 0) is 77.8 Å². The van der Waals surface area contributed by atoms with Crippen LogP contribution in [0.5, 0.6) is 5.75 Å². The fourth-order valence-corrected chi connectivity index (χ4v) is 4.24. The summed E-state index contributed by atoms with van der Waals surface area (Å²) in [5, 5.41) is 9.72. The summed E-state index contributed by atoms with van der Waals surface area (Å²) in [6, 6.07) is 5.15. The minimum Gasteiger partial charge on any atom is -0.507 e. The molecule has 0 aliphatic heterocycles. The largest absolute Gasteiger partial charge is 0.507 e. The Morgan fingerprint density at radius 1 is 1.40 bits per heavy atom. The Morgan fingerprint density at radius 2 is 2.20 bits per heavy atom. The molecule has 2 aliphatic rings. The summed E-state index contributed by atoms with van der Waals surface area (Å²) >= 11 is 2.06. The van der Waals surface area contributed by atoms with E-state index in [1.54, 1.807) is 18.2 Å². The first-order chi connectivity index (χ1) is 9.54. The first kappa shape index (κ1) is 14.2. The molecule has 3 atom stereocenters. The van der Waals surface area contributed by atoms with Gasteiger partial charge in [-0.25, -0.2) is 0 Å². The van der Waals surface area contributed by atoms with E-state index in [0.717, 1.165) is 22.0 Å². The van der Waals surface area contributed by atoms with Crippen LogP contribution in [0.25, 0.3) is 0 Å². The Labute approximate surface area is 133 Å². The van der Waals surface area contributed by atoms with E-state index in [1.165, 1.54) is 25.7 Å². The van der Waals surface area contributed by atoms with Crippen molar-refractivity contribution >= 4 is 28.5 Å². The van der Waals surface area contributed by atoms with Gasteiger partial charge < -0.3 is 10.0 Å². The van der Waals surface area contributed by atoms with Gasteiger partial charge >= 0.3 is 0 Å². The molecule has 1 aromatic rings. The van der Waals surface area contributed by atoms with E-state index in [9.17, 15) is 9.90 Å². The van der Waals surface area contributed by atoms with Crippen LogP contribution < -0.4 is 0 Å². The molecule has 3 nitrogen and oxygen atoms in total. The van der Waals surface area contributed by atoms with Crippen molar-refractivity contribution in [1.29, 1.82) is 0 Å². The minimum atomic E-state index is 0.0134. The molecule has 20 heavy (non-hydrogen) atoms. The number of nitrogens with zero attached hydrogens (tertiary/aromatic N) is 1. The van der Waals surface area contributed by atoms with E-state index >= 15 is 0 Å². The van der Waals surface area contributed by atoms with Gasteiger partial charge in [0.25, 0.3) is 5.91 Å². The molecule has 0 spiro atoms. The number of phenols is 1. The van der Waals surface area contributed by atoms with Gasteiger partial charge in [-0.2, -0.15) is 0 Å². The summed E-state index contributed by atoms with van der Waals surface area (Å²) in [6.45, 7) is 0.854. The zero-order valence-corrected chi connectivity index (χ0v) is 13.8. The fourth-order valence-electron chi connectivity index (χ4n) is 3.90. The van der Waals surface area contributed by atoms with E-state index < -0.39 is 0 Å². The quantitative estimate of drug-likeness (QED) is 0.810. The molecule has 2 aliphatic carbocycles. The third kappa shape index (κ3) is 2.67. The molecule has 0 heterocycles. The van der Waals surface area contributed by atoms with E-state index in [4.69, 9.17) is 0 Å². The molecule has 108 valence electrons. The lowest BCUT2D eigenvalue weighted by Gasteiger charge is -2.27. The Morgan fingerprint density at radius 3 is 2.80 bits per heavy atom. The molecular formula is C16H20INO2. The number of hydrogen-bond acceptors (Lipinski definition) is 2. The highest BCUT2D eigenvalue weighted by molar-refractivity contribution is 14.1. The van der Waals surface area contributed by atoms with Crippen LogP contribution in [0.4, 0.5) is 0 Å². The predicted octanol–water partition coefficient (Wildman–Crippen LogP) is 3.51. The van der Waals surface area contributed by atoms with Crippen LogP contribution in [0.1, 0.15) is 36.0 Å². The van der Waals surface area contributed by atoms with Crippen LogP contribution in [-0.4, -0.2) is 29.5 Å². The van der Waals surface area contributed by atoms with E-state index in [0.29, 0.717) is 11.5 Å². The van der Waals surface area contributed by atoms with Crippen LogP contribution in [0.2, 0.25) is 0 Å². The van der Waals surface area contributed by atoms with Gasteiger partial charge in [0.1, 0.15) is 5.75 Å². The lowest BCUT2D eigenvalue weighted by Crippen LogP contribution is -2.33. The van der Waals surface area contributed by atoms with Gasteiger partial charge in [0, 0.05) is 19.2 Å². The maximum absolute atomic E-state index is 12.4. The van der Waals surface area contributed by atoms with Crippen molar-refractivity contribution in [2.24, 2.45) is 17.8 Å². The maximum Gasteiger partial charge on any atom is 0.253 e. The average Bonchev–Trinajstić information content (AvgIpc) is 3.03. The highest BCUT2D eigenvalue weighted by Gasteiger charge is 2.40. The van der Waals surface area contributed by atoms with Gasteiger partial charge in [0.05, 0.1) is 3.57 Å². The third-order valence-electron chi connectivity index (χ3n) is 4.93. The number of benzene rings is 1. The average molecular weight is 385 g/mol. The van der Waals surface area contributed by atoms with Crippen molar-refractivity contribution in [2.45, 2.75) is 25.7 Å². The molecule has 2 fully saturated rings. The molecule has 0 radical (unpaired) electrons. The smallest absolute Gasteiger partial charge is 0.253 e. The number of rotatable bonds is 3. The van der Waals surface area contributed by atoms with E-state index in [1.807, 2.05) is 11.9 Å². The number of fused-ring (bicyclic) bond motifs is 2. The van der Waals surface area contributed by atoms with Gasteiger partial charge in [-0.1, -0.05) is 6.42 Å². The number of aromatic hydroxyl groups is 1. The van der Waals surface area contributed by atoms with Crippen molar-refractivity contribution in [3.05, 3.63) is 27.3 Å². The summed E-state index contributed by atoms with van der Waals surface area (Å²) in [7, 11) is 1.88. The molecule has 4 heteroatoms. The van der Waals surface area contributed by atoms with Gasteiger partial charge in [0.15, 0.2) is 0 Å². The first-order valence-corrected chi connectivity index (χ1v) is 8.36. The van der Waals surface area contributed by atoms with E-state index in [-0.39, 0.29) is 11.7 Å². The summed E-state index contributed by atoms with van der Waals surface area (Å²) in [4.78, 5) is 14.2. The van der Waals surface area contributed by atoms with Gasteiger partial charge in [-0.3, -0.25) is 4.79 Å². The summed E-state index contributed by atoms with van der Waals surface area (Å²) in [5.41, 5.74) is 0.577. The lowest BCUT2D eigenvalue weighted by molar-refractivity contribution is 0.0754.